The summed E-state index contributed by atoms with van der Waals surface area (Å²) in [5.41, 5.74) is 11.1. The summed E-state index contributed by atoms with van der Waals surface area (Å²) in [6.07, 6.45) is 4.62. The van der Waals surface area contributed by atoms with Gasteiger partial charge in [0.15, 0.2) is 11.5 Å². The number of benzene rings is 2. The molecule has 0 atom stereocenters. The lowest BCUT2D eigenvalue weighted by atomic mass is 10.1. The molecule has 0 unspecified atom stereocenters. The molecular weight excluding hydrogens is 794 g/mol. The first-order valence-electron chi connectivity index (χ1n) is 20.0. The highest BCUT2D eigenvalue weighted by molar-refractivity contribution is 5.78. The molecular formula is C47H40FN15. The summed E-state index contributed by atoms with van der Waals surface area (Å²) in [5, 5.41) is 21.5. The summed E-state index contributed by atoms with van der Waals surface area (Å²) in [5.74, 6) is 1.26. The molecule has 15 nitrogen and oxygen atoms in total. The molecule has 63 heavy (non-hydrogen) atoms. The number of aromatic amines is 3. The lowest BCUT2D eigenvalue weighted by Crippen LogP contribution is -2.18. The normalized spacial score (nSPS) is 11.5. The molecule has 9 rings (SSSR count). The third kappa shape index (κ3) is 8.30. The fourth-order valence-electron chi connectivity index (χ4n) is 7.40. The van der Waals surface area contributed by atoms with Crippen molar-refractivity contribution in [3.05, 3.63) is 155 Å². The highest BCUT2D eigenvalue weighted by Gasteiger charge is 2.21. The maximum absolute atomic E-state index is 16.1. The van der Waals surface area contributed by atoms with E-state index >= 15 is 4.39 Å². The van der Waals surface area contributed by atoms with Gasteiger partial charge in [-0.15, -0.1) is 5.10 Å². The van der Waals surface area contributed by atoms with Crippen molar-refractivity contribution in [1.82, 2.24) is 49.5 Å². The first kappa shape index (κ1) is 39.9. The summed E-state index contributed by atoms with van der Waals surface area (Å²) in [6, 6.07) is 33.7. The highest BCUT2D eigenvalue weighted by atomic mass is 19.1. The average molecular weight is 834 g/mol. The van der Waals surface area contributed by atoms with Crippen molar-refractivity contribution >= 4 is 23.4 Å². The second-order valence-corrected chi connectivity index (χ2v) is 15.1. The Kier molecular flexibility index (Phi) is 10.6. The van der Waals surface area contributed by atoms with Crippen molar-refractivity contribution in [2.75, 3.05) is 23.9 Å². The van der Waals surface area contributed by atoms with Gasteiger partial charge in [0.2, 0.25) is 0 Å². The summed E-state index contributed by atoms with van der Waals surface area (Å²) >= 11 is 0. The number of halogens is 1. The van der Waals surface area contributed by atoms with Crippen LogP contribution >= 0.6 is 0 Å². The monoisotopic (exact) mass is 833 g/mol. The molecule has 4 N–H and O–H groups in total. The second kappa shape index (κ2) is 16.8. The van der Waals surface area contributed by atoms with E-state index in [-0.39, 0.29) is 6.54 Å². The van der Waals surface area contributed by atoms with Crippen LogP contribution in [-0.4, -0.2) is 69.9 Å². The first-order valence-corrected chi connectivity index (χ1v) is 20.0. The average Bonchev–Trinajstić information content (AvgIpc) is 4.04. The number of rotatable bonds is 12. The van der Waals surface area contributed by atoms with Gasteiger partial charge >= 0.3 is 0 Å². The van der Waals surface area contributed by atoms with Crippen LogP contribution < -0.4 is 15.3 Å². The molecule has 0 saturated heterocycles. The van der Waals surface area contributed by atoms with E-state index in [9.17, 15) is 5.26 Å². The van der Waals surface area contributed by atoms with Gasteiger partial charge in [-0.25, -0.2) is 28.9 Å². The zero-order valence-electron chi connectivity index (χ0n) is 34.8. The molecule has 7 heterocycles. The minimum Gasteiger partial charge on any atom is -0.367 e. The number of hydrogen-bond donors (Lipinski definition) is 4. The summed E-state index contributed by atoms with van der Waals surface area (Å²) in [7, 11) is 3.76. The smallest absolute Gasteiger partial charge is 0.182 e. The standard InChI is InChI=1S/C47H40FN15/c1-28-8-5-12-36(53-28)45-43(32-15-18-39(51-23-32)52-27-50)55-41(58-45)26-62(4)38-17-14-31(21-35(38)48)47-59-42-19-16-33(24-63(42)60-47)44-46(37-13-6-9-29(2)54-37)57-40(56-44)25-61(3)34-11-7-10-30(20-34)22-49/h5-21,23-24,27H,25-26H2,1-4H3,(H,55,58)(H,56,57)(H2,50,51,52). The predicted molar refractivity (Wildman–Crippen MR) is 240 cm³/mol. The quantitative estimate of drug-likeness (QED) is 0.0696. The molecule has 0 aliphatic carbocycles. The fourth-order valence-corrected chi connectivity index (χ4v) is 7.40. The lowest BCUT2D eigenvalue weighted by molar-refractivity contribution is 0.621. The Labute approximate surface area is 360 Å². The molecule has 0 bridgehead atoms. The molecule has 7 aromatic heterocycles. The van der Waals surface area contributed by atoms with Gasteiger partial charge in [0.05, 0.1) is 64.6 Å². The van der Waals surface area contributed by atoms with Crippen LogP contribution in [0.3, 0.4) is 0 Å². The molecule has 9 aromatic rings. The molecule has 0 radical (unpaired) electrons. The maximum Gasteiger partial charge on any atom is 0.182 e. The van der Waals surface area contributed by atoms with Crippen LogP contribution in [0.15, 0.2) is 121 Å². The van der Waals surface area contributed by atoms with Gasteiger partial charge in [-0.3, -0.25) is 15.4 Å². The molecule has 2 aromatic carbocycles. The maximum atomic E-state index is 16.1. The van der Waals surface area contributed by atoms with E-state index < -0.39 is 5.82 Å². The number of imidazole rings is 2. The van der Waals surface area contributed by atoms with Crippen LogP contribution in [0.5, 0.6) is 0 Å². The van der Waals surface area contributed by atoms with E-state index in [2.05, 4.69) is 26.0 Å². The Morgan fingerprint density at radius 3 is 2.03 bits per heavy atom. The minimum atomic E-state index is -0.439. The number of nitrogens with zero attached hydrogens (tertiary/aromatic N) is 11. The van der Waals surface area contributed by atoms with Crippen molar-refractivity contribution in [3.8, 4) is 62.7 Å². The highest BCUT2D eigenvalue weighted by Crippen LogP contribution is 2.33. The van der Waals surface area contributed by atoms with Gasteiger partial charge in [0.1, 0.15) is 29.3 Å². The molecule has 310 valence electrons. The number of aryl methyl sites for hydroxylation is 2. The van der Waals surface area contributed by atoms with E-state index in [0.717, 1.165) is 57.3 Å². The Bertz CT molecular complexity index is 3260. The Hall–Kier alpha value is -8.58. The number of nitriles is 1. The van der Waals surface area contributed by atoms with Crippen molar-refractivity contribution in [2.45, 2.75) is 26.9 Å². The van der Waals surface area contributed by atoms with Gasteiger partial charge in [-0.05, 0) is 98.8 Å². The predicted octanol–water partition coefficient (Wildman–Crippen LogP) is 8.04. The van der Waals surface area contributed by atoms with Crippen molar-refractivity contribution in [1.29, 1.82) is 10.7 Å². The van der Waals surface area contributed by atoms with Gasteiger partial charge in [0, 0.05) is 60.3 Å². The third-order valence-electron chi connectivity index (χ3n) is 10.5. The molecule has 0 spiro atoms. The molecule has 0 fully saturated rings. The van der Waals surface area contributed by atoms with E-state index in [1.807, 2.05) is 112 Å². The van der Waals surface area contributed by atoms with Crippen LogP contribution in [0.4, 0.5) is 15.8 Å². The van der Waals surface area contributed by atoms with Crippen LogP contribution in [0.25, 0.3) is 62.3 Å². The second-order valence-electron chi connectivity index (χ2n) is 15.1. The number of nitrogens with one attached hydrogen (secondary N) is 4. The summed E-state index contributed by atoms with van der Waals surface area (Å²) in [4.78, 5) is 42.1. The number of H-pyrrole nitrogens is 3. The molecule has 0 amide bonds. The van der Waals surface area contributed by atoms with E-state index in [1.54, 1.807) is 39.9 Å². The number of hydrogen-bond acceptors (Lipinski definition) is 10. The Morgan fingerprint density at radius 2 is 1.40 bits per heavy atom. The Balaban J connectivity index is 0.983. The first-order chi connectivity index (χ1) is 30.6. The van der Waals surface area contributed by atoms with Gasteiger partial charge in [-0.1, -0.05) is 18.2 Å². The number of pyridine rings is 4. The largest absolute Gasteiger partial charge is 0.367 e. The number of fused-ring (bicyclic) bond motifs is 1. The van der Waals surface area contributed by atoms with E-state index in [1.165, 1.54) is 6.07 Å². The fraction of sp³-hybridized carbons (Fsp3) is 0.128. The third-order valence-corrected chi connectivity index (χ3v) is 10.5. The molecule has 0 aliphatic heterocycles. The van der Waals surface area contributed by atoms with Gasteiger partial charge < -0.3 is 24.8 Å². The van der Waals surface area contributed by atoms with E-state index in [4.69, 9.17) is 35.4 Å². The number of anilines is 2. The zero-order valence-corrected chi connectivity index (χ0v) is 34.8. The van der Waals surface area contributed by atoms with Crippen LogP contribution in [0, 0.1) is 36.4 Å². The summed E-state index contributed by atoms with van der Waals surface area (Å²) < 4.78 is 17.7. The van der Waals surface area contributed by atoms with Crippen LogP contribution in [0.1, 0.15) is 28.6 Å². The Morgan fingerprint density at radius 1 is 0.746 bits per heavy atom. The van der Waals surface area contributed by atoms with Gasteiger partial charge in [0.25, 0.3) is 0 Å². The molecule has 0 aliphatic rings. The molecule has 0 saturated carbocycles. The van der Waals surface area contributed by atoms with Crippen molar-refractivity contribution < 1.29 is 4.39 Å². The summed E-state index contributed by atoms with van der Waals surface area (Å²) in [6.45, 7) is 4.60. The van der Waals surface area contributed by atoms with Crippen molar-refractivity contribution in [3.63, 3.8) is 0 Å². The van der Waals surface area contributed by atoms with Crippen molar-refractivity contribution in [2.24, 2.45) is 4.99 Å². The lowest BCUT2D eigenvalue weighted by Gasteiger charge is -2.19. The van der Waals surface area contributed by atoms with Crippen LogP contribution in [-0.2, 0) is 13.1 Å². The zero-order chi connectivity index (χ0) is 43.6. The SMILES string of the molecule is Cc1cccc(-c2[nH]c(CN(C)c3cccc(C#N)c3)nc2-c2ccc3nc(-c4ccc(N(C)Cc5nc(-c6cc/c(=N/C=N)[nH]c6)c(-c6cccc(C)n6)[nH]5)c(F)c4)nn3c2)n1. The minimum absolute atomic E-state index is 0.273. The topological polar surface area (TPSA) is 196 Å². The molecule has 16 heteroatoms. The van der Waals surface area contributed by atoms with Crippen LogP contribution in [0.2, 0.25) is 0 Å². The number of aromatic nitrogens is 10. The van der Waals surface area contributed by atoms with Gasteiger partial charge in [-0.2, -0.15) is 5.26 Å². The van der Waals surface area contributed by atoms with E-state index in [0.29, 0.717) is 63.4 Å².